The highest BCUT2D eigenvalue weighted by atomic mass is 16.3. The number of allylic oxidation sites excluding steroid dienone is 1. The maximum absolute atomic E-state index is 10.7. The molecule has 0 unspecified atom stereocenters. The van der Waals surface area contributed by atoms with Crippen LogP contribution in [0.1, 0.15) is 13.3 Å². The van der Waals surface area contributed by atoms with Gasteiger partial charge in [-0.15, -0.1) is 0 Å². The van der Waals surface area contributed by atoms with Gasteiger partial charge in [-0.25, -0.2) is 0 Å². The van der Waals surface area contributed by atoms with Crippen LogP contribution in [0.3, 0.4) is 0 Å². The maximum atomic E-state index is 10.7. The number of carbonyl (C=O) groups excluding carboxylic acids is 1. The summed E-state index contributed by atoms with van der Waals surface area (Å²) in [6, 6.07) is 0. The number of amides is 1. The minimum atomic E-state index is -0.445. The van der Waals surface area contributed by atoms with Crippen molar-refractivity contribution < 1.29 is 9.90 Å². The number of aliphatic hydroxyl groups excluding tert-OH is 1. The first-order valence-electron chi connectivity index (χ1n) is 3.03. The summed E-state index contributed by atoms with van der Waals surface area (Å²) in [6.45, 7) is 1.71. The van der Waals surface area contributed by atoms with Crippen molar-refractivity contribution in [3.8, 4) is 0 Å². The van der Waals surface area contributed by atoms with Gasteiger partial charge >= 0.3 is 0 Å². The molecule has 0 aliphatic heterocycles. The highest BCUT2D eigenvalue weighted by Gasteiger charge is 2.06. The molecule has 0 radical (unpaired) electrons. The molecule has 0 aromatic heterocycles. The zero-order valence-electron chi connectivity index (χ0n) is 6.14. The molecule has 1 amide bonds. The van der Waals surface area contributed by atoms with Crippen LogP contribution in [0.25, 0.3) is 0 Å². The summed E-state index contributed by atoms with van der Waals surface area (Å²) in [5.41, 5.74) is 5.09. The van der Waals surface area contributed by atoms with E-state index in [1.807, 2.05) is 0 Å². The van der Waals surface area contributed by atoms with Gasteiger partial charge in [-0.05, 0) is 0 Å². The number of hydrogen-bond acceptors (Lipinski definition) is 3. The molecule has 0 fully saturated rings. The molecule has 0 heterocycles. The monoisotopic (exact) mass is 144 g/mol. The summed E-state index contributed by atoms with van der Waals surface area (Å²) < 4.78 is 0. The number of nitrogens with one attached hydrogen (secondary N) is 1. The quantitative estimate of drug-likeness (QED) is 0.373. The lowest BCUT2D eigenvalue weighted by Gasteiger charge is -2.01. The summed E-state index contributed by atoms with van der Waals surface area (Å²) in [5.74, 6) is -0.515. The van der Waals surface area contributed by atoms with Crippen LogP contribution in [0.15, 0.2) is 11.5 Å². The Morgan fingerprint density at radius 2 is 2.20 bits per heavy atom. The van der Waals surface area contributed by atoms with Crippen molar-refractivity contribution in [1.29, 1.82) is 0 Å². The van der Waals surface area contributed by atoms with Gasteiger partial charge in [0.15, 0.2) is 0 Å². The number of carbonyl (C=O) groups is 1. The molecule has 58 valence electrons. The fourth-order valence-electron chi connectivity index (χ4n) is 0.456. The standard InChI is InChI=1S/C6H12N2O2/c1-3-4(9)5(7)6(10)8-2/h9H,3,7H2,1-2H3,(H,8,10)/b5-4-. The van der Waals surface area contributed by atoms with Gasteiger partial charge in [0.25, 0.3) is 5.91 Å². The molecular weight excluding hydrogens is 132 g/mol. The molecule has 0 rings (SSSR count). The SMILES string of the molecule is CC/C(O)=C(/N)C(=O)NC. The average molecular weight is 144 g/mol. The number of likely N-dealkylation sites (N-methyl/N-ethyl adjacent to an activating group) is 1. The highest BCUT2D eigenvalue weighted by molar-refractivity contribution is 5.92. The van der Waals surface area contributed by atoms with E-state index in [0.717, 1.165) is 0 Å². The molecule has 10 heavy (non-hydrogen) atoms. The lowest BCUT2D eigenvalue weighted by molar-refractivity contribution is -0.117. The van der Waals surface area contributed by atoms with E-state index in [2.05, 4.69) is 5.32 Å². The zero-order valence-corrected chi connectivity index (χ0v) is 6.14. The molecular formula is C6H12N2O2. The lowest BCUT2D eigenvalue weighted by Crippen LogP contribution is -2.26. The van der Waals surface area contributed by atoms with Crippen LogP contribution in [-0.2, 0) is 4.79 Å². The summed E-state index contributed by atoms with van der Waals surface area (Å²) in [6.07, 6.45) is 0.374. The number of hydrogen-bond donors (Lipinski definition) is 3. The molecule has 0 aliphatic rings. The summed E-state index contributed by atoms with van der Waals surface area (Å²) in [7, 11) is 1.46. The Morgan fingerprint density at radius 3 is 2.50 bits per heavy atom. The van der Waals surface area contributed by atoms with Crippen LogP contribution in [-0.4, -0.2) is 18.1 Å². The molecule has 4 heteroatoms. The molecule has 0 aromatic carbocycles. The molecule has 0 bridgehead atoms. The van der Waals surface area contributed by atoms with Crippen molar-refractivity contribution in [3.05, 3.63) is 11.5 Å². The van der Waals surface area contributed by atoms with Gasteiger partial charge in [0, 0.05) is 13.5 Å². The first-order valence-corrected chi connectivity index (χ1v) is 3.03. The van der Waals surface area contributed by atoms with Gasteiger partial charge in [-0.2, -0.15) is 0 Å². The van der Waals surface area contributed by atoms with Gasteiger partial charge in [0.05, 0.1) is 0 Å². The second-order valence-electron chi connectivity index (χ2n) is 1.79. The predicted octanol–water partition coefficient (Wildman–Crippen LogP) is -0.129. The van der Waals surface area contributed by atoms with E-state index in [1.54, 1.807) is 6.92 Å². The van der Waals surface area contributed by atoms with E-state index in [9.17, 15) is 4.79 Å². The van der Waals surface area contributed by atoms with E-state index >= 15 is 0 Å². The average Bonchev–Trinajstić information content (AvgIpc) is 2.00. The highest BCUT2D eigenvalue weighted by Crippen LogP contribution is 1.98. The van der Waals surface area contributed by atoms with Crippen LogP contribution in [0.4, 0.5) is 0 Å². The first-order chi connectivity index (χ1) is 4.63. The van der Waals surface area contributed by atoms with E-state index in [0.29, 0.717) is 6.42 Å². The molecule has 4 nitrogen and oxygen atoms in total. The Kier molecular flexibility index (Phi) is 3.32. The minimum Gasteiger partial charge on any atom is -0.510 e. The van der Waals surface area contributed by atoms with Crippen molar-refractivity contribution in [3.63, 3.8) is 0 Å². The Hall–Kier alpha value is -1.19. The van der Waals surface area contributed by atoms with Crippen molar-refractivity contribution in [2.45, 2.75) is 13.3 Å². The molecule has 0 aliphatic carbocycles. The topological polar surface area (TPSA) is 75.3 Å². The summed E-state index contributed by atoms with van der Waals surface area (Å²) >= 11 is 0. The van der Waals surface area contributed by atoms with E-state index in [1.165, 1.54) is 7.05 Å². The number of nitrogens with two attached hydrogens (primary N) is 1. The first kappa shape index (κ1) is 8.81. The number of aliphatic hydroxyl groups is 1. The molecule has 0 aromatic rings. The minimum absolute atomic E-state index is 0.0700. The fraction of sp³-hybridized carbons (Fsp3) is 0.500. The smallest absolute Gasteiger partial charge is 0.270 e. The molecule has 0 spiro atoms. The summed E-state index contributed by atoms with van der Waals surface area (Å²) in [5, 5.41) is 11.2. The van der Waals surface area contributed by atoms with Gasteiger partial charge in [-0.3, -0.25) is 4.79 Å². The van der Waals surface area contributed by atoms with Gasteiger partial charge < -0.3 is 16.2 Å². The maximum Gasteiger partial charge on any atom is 0.270 e. The van der Waals surface area contributed by atoms with E-state index in [4.69, 9.17) is 10.8 Å². The Balaban J connectivity index is 4.30. The third kappa shape index (κ3) is 1.97. The molecule has 4 N–H and O–H groups in total. The zero-order chi connectivity index (χ0) is 8.15. The van der Waals surface area contributed by atoms with Crippen molar-refractivity contribution in [1.82, 2.24) is 5.32 Å². The Morgan fingerprint density at radius 1 is 1.70 bits per heavy atom. The second-order valence-corrected chi connectivity index (χ2v) is 1.79. The van der Waals surface area contributed by atoms with Crippen molar-refractivity contribution in [2.24, 2.45) is 5.73 Å². The fourth-order valence-corrected chi connectivity index (χ4v) is 0.456. The van der Waals surface area contributed by atoms with Gasteiger partial charge in [0.2, 0.25) is 0 Å². The third-order valence-corrected chi connectivity index (χ3v) is 1.12. The van der Waals surface area contributed by atoms with Crippen LogP contribution in [0, 0.1) is 0 Å². The molecule has 0 atom stereocenters. The number of rotatable bonds is 2. The lowest BCUT2D eigenvalue weighted by atomic mass is 10.3. The largest absolute Gasteiger partial charge is 0.510 e. The Labute approximate surface area is 59.7 Å². The van der Waals surface area contributed by atoms with Crippen molar-refractivity contribution in [2.75, 3.05) is 7.05 Å². The van der Waals surface area contributed by atoms with Crippen LogP contribution < -0.4 is 11.1 Å². The predicted molar refractivity (Wildman–Crippen MR) is 38.2 cm³/mol. The van der Waals surface area contributed by atoms with E-state index in [-0.39, 0.29) is 11.5 Å². The third-order valence-electron chi connectivity index (χ3n) is 1.12. The summed E-state index contributed by atoms with van der Waals surface area (Å²) in [4.78, 5) is 10.7. The second kappa shape index (κ2) is 3.76. The van der Waals surface area contributed by atoms with Crippen LogP contribution in [0.2, 0.25) is 0 Å². The van der Waals surface area contributed by atoms with Gasteiger partial charge in [0.1, 0.15) is 11.5 Å². The van der Waals surface area contributed by atoms with E-state index < -0.39 is 5.91 Å². The van der Waals surface area contributed by atoms with Crippen molar-refractivity contribution >= 4 is 5.91 Å². The Bertz CT molecular complexity index is 163. The van der Waals surface area contributed by atoms with Crippen LogP contribution >= 0.6 is 0 Å². The van der Waals surface area contributed by atoms with Crippen LogP contribution in [0.5, 0.6) is 0 Å². The normalized spacial score (nSPS) is 12.2. The van der Waals surface area contributed by atoms with Gasteiger partial charge in [-0.1, -0.05) is 6.92 Å². The molecule has 0 saturated heterocycles. The molecule has 0 saturated carbocycles.